The van der Waals surface area contributed by atoms with Gasteiger partial charge < -0.3 is 19.5 Å². The van der Waals surface area contributed by atoms with E-state index in [9.17, 15) is 9.90 Å². The van der Waals surface area contributed by atoms with Gasteiger partial charge in [-0.2, -0.15) is 0 Å². The van der Waals surface area contributed by atoms with Gasteiger partial charge in [-0.3, -0.25) is 9.69 Å². The summed E-state index contributed by atoms with van der Waals surface area (Å²) < 4.78 is 11.5. The molecule has 0 bridgehead atoms. The third-order valence-electron chi connectivity index (χ3n) is 5.57. The number of carbonyl (C=O) groups is 1. The van der Waals surface area contributed by atoms with Gasteiger partial charge in [0.05, 0.1) is 33.0 Å². The molecule has 1 saturated heterocycles. The normalized spacial score (nSPS) is 18.8. The van der Waals surface area contributed by atoms with Crippen molar-refractivity contribution in [2.45, 2.75) is 32.1 Å². The lowest BCUT2D eigenvalue weighted by Gasteiger charge is -2.27. The van der Waals surface area contributed by atoms with Crippen LogP contribution in [0.1, 0.15) is 18.1 Å². The molecule has 1 fully saturated rings. The average Bonchev–Trinajstić information content (AvgIpc) is 2.95. The first-order chi connectivity index (χ1) is 14.6. The molecular formula is C24H32N2O4. The van der Waals surface area contributed by atoms with Crippen molar-refractivity contribution >= 4 is 5.91 Å². The van der Waals surface area contributed by atoms with Crippen molar-refractivity contribution in [1.82, 2.24) is 9.80 Å². The summed E-state index contributed by atoms with van der Waals surface area (Å²) >= 11 is 0. The summed E-state index contributed by atoms with van der Waals surface area (Å²) in [5, 5.41) is 9.61. The topological polar surface area (TPSA) is 62.2 Å². The molecular weight excluding hydrogens is 380 g/mol. The molecule has 30 heavy (non-hydrogen) atoms. The average molecular weight is 413 g/mol. The van der Waals surface area contributed by atoms with Crippen LogP contribution in [0, 0.1) is 0 Å². The van der Waals surface area contributed by atoms with Crippen molar-refractivity contribution < 1.29 is 19.4 Å². The van der Waals surface area contributed by atoms with Crippen LogP contribution in [-0.4, -0.2) is 72.9 Å². The maximum absolute atomic E-state index is 12.9. The van der Waals surface area contributed by atoms with Gasteiger partial charge in [-0.15, -0.1) is 0 Å². The van der Waals surface area contributed by atoms with Crippen LogP contribution in [0.4, 0.5) is 0 Å². The highest BCUT2D eigenvalue weighted by atomic mass is 16.5. The zero-order valence-electron chi connectivity index (χ0n) is 17.9. The predicted octanol–water partition coefficient (Wildman–Crippen LogP) is 2.35. The van der Waals surface area contributed by atoms with E-state index in [4.69, 9.17) is 9.47 Å². The first kappa shape index (κ1) is 22.3. The molecule has 0 saturated carbocycles. The van der Waals surface area contributed by atoms with Crippen LogP contribution in [0.15, 0.2) is 54.6 Å². The SMILES string of the molecule is COc1cccc(CO[C@@H]2CN(CCc3ccccc3)C(=O)CN([C@@H](C)CO)C2)c1. The van der Waals surface area contributed by atoms with Gasteiger partial charge in [-0.05, 0) is 36.6 Å². The fourth-order valence-corrected chi connectivity index (χ4v) is 3.66. The Hall–Kier alpha value is -2.41. The largest absolute Gasteiger partial charge is 0.497 e. The molecule has 0 aliphatic carbocycles. The third kappa shape index (κ3) is 6.29. The fraction of sp³-hybridized carbons (Fsp3) is 0.458. The molecule has 6 heteroatoms. The number of hydrogen-bond acceptors (Lipinski definition) is 5. The molecule has 162 valence electrons. The van der Waals surface area contributed by atoms with E-state index in [1.165, 1.54) is 5.56 Å². The van der Waals surface area contributed by atoms with E-state index in [2.05, 4.69) is 12.1 Å². The second-order valence-corrected chi connectivity index (χ2v) is 7.82. The molecule has 1 heterocycles. The molecule has 1 aliphatic rings. The van der Waals surface area contributed by atoms with Crippen LogP contribution in [0.2, 0.25) is 0 Å². The maximum atomic E-state index is 12.9. The Morgan fingerprint density at radius 3 is 2.60 bits per heavy atom. The van der Waals surface area contributed by atoms with E-state index < -0.39 is 0 Å². The number of methoxy groups -OCH3 is 1. The summed E-state index contributed by atoms with van der Waals surface area (Å²) in [6.07, 6.45) is 0.678. The zero-order valence-corrected chi connectivity index (χ0v) is 17.9. The van der Waals surface area contributed by atoms with Crippen molar-refractivity contribution in [3.05, 3.63) is 65.7 Å². The second kappa shape index (κ2) is 11.1. The molecule has 0 radical (unpaired) electrons. The Kier molecular flexibility index (Phi) is 8.25. The van der Waals surface area contributed by atoms with E-state index in [1.54, 1.807) is 7.11 Å². The first-order valence-electron chi connectivity index (χ1n) is 10.5. The van der Waals surface area contributed by atoms with E-state index in [-0.39, 0.29) is 24.7 Å². The molecule has 1 amide bonds. The molecule has 2 aromatic rings. The molecule has 1 N–H and O–H groups in total. The van der Waals surface area contributed by atoms with E-state index in [1.807, 2.05) is 59.2 Å². The van der Waals surface area contributed by atoms with Gasteiger partial charge in [0.1, 0.15) is 5.75 Å². The number of carbonyl (C=O) groups excluding carboxylic acids is 1. The van der Waals surface area contributed by atoms with E-state index in [0.717, 1.165) is 17.7 Å². The second-order valence-electron chi connectivity index (χ2n) is 7.82. The summed E-state index contributed by atoms with van der Waals surface area (Å²) in [6.45, 7) is 4.51. The maximum Gasteiger partial charge on any atom is 0.236 e. The molecule has 0 unspecified atom stereocenters. The summed E-state index contributed by atoms with van der Waals surface area (Å²) in [6, 6.07) is 17.9. The van der Waals surface area contributed by atoms with Crippen molar-refractivity contribution in [2.24, 2.45) is 0 Å². The highest BCUT2D eigenvalue weighted by molar-refractivity contribution is 5.78. The smallest absolute Gasteiger partial charge is 0.236 e. The molecule has 3 rings (SSSR count). The highest BCUT2D eigenvalue weighted by Gasteiger charge is 2.30. The number of amides is 1. The monoisotopic (exact) mass is 412 g/mol. The Labute approximate surface area is 179 Å². The van der Waals surface area contributed by atoms with Crippen LogP contribution >= 0.6 is 0 Å². The number of aliphatic hydroxyl groups is 1. The molecule has 2 aromatic carbocycles. The molecule has 0 aromatic heterocycles. The number of rotatable bonds is 9. The van der Waals surface area contributed by atoms with Crippen molar-refractivity contribution in [3.8, 4) is 5.75 Å². The number of hydrogen-bond donors (Lipinski definition) is 1. The van der Waals surface area contributed by atoms with Crippen molar-refractivity contribution in [1.29, 1.82) is 0 Å². The lowest BCUT2D eigenvalue weighted by Crippen LogP contribution is -2.42. The first-order valence-corrected chi connectivity index (χ1v) is 10.5. The molecule has 2 atom stereocenters. The van der Waals surface area contributed by atoms with Crippen LogP contribution in [0.3, 0.4) is 0 Å². The summed E-state index contributed by atoms with van der Waals surface area (Å²) in [5.41, 5.74) is 2.24. The van der Waals surface area contributed by atoms with Crippen LogP contribution in [0.5, 0.6) is 5.75 Å². The van der Waals surface area contributed by atoms with Gasteiger partial charge in [0.25, 0.3) is 0 Å². The standard InChI is InChI=1S/C24H32N2O4/c1-19(17-27)26-15-23(30-18-21-9-6-10-22(13-21)29-2)14-25(24(28)16-26)12-11-20-7-4-3-5-8-20/h3-10,13,19,23,27H,11-12,14-18H2,1-2H3/t19-,23+/m0/s1. The van der Waals surface area contributed by atoms with E-state index in [0.29, 0.717) is 32.8 Å². The van der Waals surface area contributed by atoms with Crippen molar-refractivity contribution in [2.75, 3.05) is 39.9 Å². The quantitative estimate of drug-likeness (QED) is 0.685. The van der Waals surface area contributed by atoms with Gasteiger partial charge in [0.2, 0.25) is 5.91 Å². The van der Waals surface area contributed by atoms with Gasteiger partial charge in [-0.25, -0.2) is 0 Å². The van der Waals surface area contributed by atoms with Crippen LogP contribution in [0.25, 0.3) is 0 Å². The zero-order chi connectivity index (χ0) is 21.3. The minimum atomic E-state index is -0.132. The molecule has 6 nitrogen and oxygen atoms in total. The van der Waals surface area contributed by atoms with Crippen molar-refractivity contribution in [3.63, 3.8) is 0 Å². The van der Waals surface area contributed by atoms with Gasteiger partial charge in [0.15, 0.2) is 0 Å². The van der Waals surface area contributed by atoms with Gasteiger partial charge >= 0.3 is 0 Å². The van der Waals surface area contributed by atoms with Gasteiger partial charge in [0, 0.05) is 25.7 Å². The minimum absolute atomic E-state index is 0.0138. The lowest BCUT2D eigenvalue weighted by molar-refractivity contribution is -0.132. The molecule has 0 spiro atoms. The minimum Gasteiger partial charge on any atom is -0.497 e. The Morgan fingerprint density at radius 1 is 1.10 bits per heavy atom. The fourth-order valence-electron chi connectivity index (χ4n) is 3.66. The Morgan fingerprint density at radius 2 is 1.87 bits per heavy atom. The molecule has 1 aliphatic heterocycles. The lowest BCUT2D eigenvalue weighted by atomic mass is 10.1. The van der Waals surface area contributed by atoms with Gasteiger partial charge in [-0.1, -0.05) is 42.5 Å². The summed E-state index contributed by atoms with van der Waals surface area (Å²) in [7, 11) is 1.65. The number of ether oxygens (including phenoxy) is 2. The number of nitrogens with zero attached hydrogens (tertiary/aromatic N) is 2. The Bertz CT molecular complexity index is 799. The van der Waals surface area contributed by atoms with Crippen LogP contribution < -0.4 is 4.74 Å². The summed E-state index contributed by atoms with van der Waals surface area (Å²) in [4.78, 5) is 16.8. The number of aliphatic hydroxyl groups excluding tert-OH is 1. The van der Waals surface area contributed by atoms with E-state index >= 15 is 0 Å². The summed E-state index contributed by atoms with van der Waals surface area (Å²) in [5.74, 6) is 0.880. The number of benzene rings is 2. The predicted molar refractivity (Wildman–Crippen MR) is 116 cm³/mol. The van der Waals surface area contributed by atoms with Crippen LogP contribution in [-0.2, 0) is 22.6 Å². The highest BCUT2D eigenvalue weighted by Crippen LogP contribution is 2.17. The Balaban J connectivity index is 1.67. The third-order valence-corrected chi connectivity index (χ3v) is 5.57.